The number of aromatic nitrogens is 2. The molecule has 23 heavy (non-hydrogen) atoms. The molecule has 0 aliphatic heterocycles. The fraction of sp³-hybridized carbons (Fsp3) is 0.316. The maximum atomic E-state index is 4.40. The summed E-state index contributed by atoms with van der Waals surface area (Å²) in [5, 5.41) is 3.63. The van der Waals surface area contributed by atoms with Crippen molar-refractivity contribution in [2.24, 2.45) is 0 Å². The van der Waals surface area contributed by atoms with Crippen LogP contribution in [0.15, 0.2) is 42.7 Å². The number of nitrogens with zero attached hydrogens (tertiary/aromatic N) is 3. The molecule has 0 unspecified atom stereocenters. The lowest BCUT2D eigenvalue weighted by Gasteiger charge is -2.28. The number of halogens is 1. The van der Waals surface area contributed by atoms with E-state index in [1.807, 2.05) is 6.20 Å². The normalized spacial score (nSPS) is 10.6. The summed E-state index contributed by atoms with van der Waals surface area (Å²) in [5.74, 6) is 0. The van der Waals surface area contributed by atoms with Gasteiger partial charge in [-0.3, -0.25) is 14.7 Å². The highest BCUT2D eigenvalue weighted by Crippen LogP contribution is 2.26. The Morgan fingerprint density at radius 3 is 2.65 bits per heavy atom. The van der Waals surface area contributed by atoms with E-state index in [1.54, 1.807) is 0 Å². The van der Waals surface area contributed by atoms with Crippen LogP contribution in [0.1, 0.15) is 71.5 Å². The third-order valence-electron chi connectivity index (χ3n) is 4.23. The fourth-order valence-electron chi connectivity index (χ4n) is 2.92. The van der Waals surface area contributed by atoms with Crippen LogP contribution < -0.4 is 5.01 Å². The molecule has 0 bridgehead atoms. The molecule has 0 fully saturated rings. The summed E-state index contributed by atoms with van der Waals surface area (Å²) in [6, 6.07) is 10.9. The molecule has 1 aromatic carbocycles. The molecule has 0 amide bonds. The third-order valence-corrected chi connectivity index (χ3v) is 4.23. The second-order valence-electron chi connectivity index (χ2n) is 5.89. The van der Waals surface area contributed by atoms with Crippen molar-refractivity contribution in [3.05, 3.63) is 59.5 Å². The van der Waals surface area contributed by atoms with Crippen molar-refractivity contribution >= 4 is 29.0 Å². The molecule has 180 valence electrons. The quantitative estimate of drug-likeness (QED) is 0.443. The first kappa shape index (κ1) is 17.4. The molecule has 0 aliphatic rings. The van der Waals surface area contributed by atoms with Gasteiger partial charge in [-0.15, -0.1) is 12.4 Å². The van der Waals surface area contributed by atoms with Crippen LogP contribution in [0.4, 0.5) is 5.69 Å². The monoisotopic (exact) mass is 388 g/mol. The molecule has 0 radical (unpaired) electrons. The molecule has 0 aliphatic carbocycles. The van der Waals surface area contributed by atoms with E-state index in [0.717, 1.165) is 18.7 Å². The van der Waals surface area contributed by atoms with Crippen LogP contribution in [0.2, 0.25) is 0 Å². The second kappa shape index (κ2) is 7.05. The first-order valence-electron chi connectivity index (χ1n) is 7.89. The van der Waals surface area contributed by atoms with Crippen molar-refractivity contribution in [2.45, 2.75) is 34.1 Å². The van der Waals surface area contributed by atoms with Crippen LogP contribution in [-0.2, 0) is 0 Å². The molecule has 3 aromatic rings. The number of hydrogen-bond donors (Lipinski definition) is 0. The number of anilines is 1. The van der Waals surface area contributed by atoms with Gasteiger partial charge in [0.1, 0.15) is 0 Å². The first-order chi connectivity index (χ1) is 10.6. The van der Waals surface area contributed by atoms with E-state index >= 15 is 0 Å². The number of aryl methyl sites for hydroxylation is 2. The van der Waals surface area contributed by atoms with Crippen molar-refractivity contribution in [1.29, 1.82) is 0 Å². The Kier molecular flexibility index (Phi) is 5.32. The number of rotatable bonds is 4. The van der Waals surface area contributed by atoms with Gasteiger partial charge in [0.15, 0.2) is 0 Å². The van der Waals surface area contributed by atoms with Crippen molar-refractivity contribution in [3.8, 4) is 0 Å². The molecule has 0 saturated carbocycles. The molecule has 3 nitrogen and oxygen atoms in total. The topological polar surface area (TPSA) is 21.1 Å². The van der Waals surface area contributed by atoms with Gasteiger partial charge < -0.3 is 0 Å². The Hall–Kier alpha value is -2.00. The lowest BCUT2D eigenvalue weighted by molar-refractivity contribution is 0.693. The highest BCUT2D eigenvalue weighted by atomic mass is 35.5. The third kappa shape index (κ3) is 3.20. The largest absolute Gasteiger partial charge is 0.281 e. The van der Waals surface area contributed by atoms with Crippen LogP contribution in [0.25, 0.3) is 10.9 Å². The zero-order valence-corrected chi connectivity index (χ0v) is 15.0. The van der Waals surface area contributed by atoms with Gasteiger partial charge in [-0.25, -0.2) is 0 Å². The van der Waals surface area contributed by atoms with Crippen LogP contribution in [0, 0.1) is 20.8 Å². The summed E-state index contributed by atoms with van der Waals surface area (Å²) in [6.45, 7) is 9.54. The Labute approximate surface area is 187 Å². The molecule has 4 heteroatoms. The highest BCUT2D eigenvalue weighted by Gasteiger charge is 2.14. The Balaban J connectivity index is -0.00000000738. The van der Waals surface area contributed by atoms with Crippen LogP contribution in [-0.4, -0.2) is 16.2 Å². The highest BCUT2D eigenvalue weighted by molar-refractivity contribution is 5.85. The molecule has 0 N–H and O–H groups in total. The van der Waals surface area contributed by atoms with Crippen molar-refractivity contribution in [3.63, 3.8) is 0 Å². The van der Waals surface area contributed by atoms with Gasteiger partial charge in [0, 0.05) is 71.4 Å². The minimum atomic E-state index is 0. The smallest absolute Gasteiger partial charge is 0.0698 e. The number of fused-ring (bicyclic) bond motifs is 1. The Bertz CT molecular complexity index is 859. The molecule has 2 heterocycles. The maximum Gasteiger partial charge on any atom is 0.0698 e. The summed E-state index contributed by atoms with van der Waals surface area (Å²) in [7, 11) is 0. The summed E-state index contributed by atoms with van der Waals surface area (Å²) in [5.41, 5.74) is 6.10. The number of benzene rings is 1. The number of pyridine rings is 1. The molecule has 0 spiro atoms. The van der Waals surface area contributed by atoms with Gasteiger partial charge in [0.25, 0.3) is 0 Å². The Morgan fingerprint density at radius 1 is 1.13 bits per heavy atom. The van der Waals surface area contributed by atoms with Gasteiger partial charge in [0.2, 0.25) is 0 Å². The van der Waals surface area contributed by atoms with Crippen molar-refractivity contribution in [1.82, 2.24) is 9.66 Å². The Morgan fingerprint density at radius 2 is 1.91 bits per heavy atom. The zero-order chi connectivity index (χ0) is 15.7. The summed E-state index contributed by atoms with van der Waals surface area (Å²) < 4.78 is 2.26. The van der Waals surface area contributed by atoms with Gasteiger partial charge in [-0.2, -0.15) is 0 Å². The average Bonchev–Trinajstić information content (AvgIpc) is 2.91. The van der Waals surface area contributed by atoms with Gasteiger partial charge in [-0.05, 0) is 57.0 Å². The molecule has 0 atom stereocenters. The van der Waals surface area contributed by atoms with Crippen molar-refractivity contribution < 1.29 is 41.4 Å². The predicted molar refractivity (Wildman–Crippen MR) is 162 cm³/mol. The standard InChI is InChI=1S/C19H23N3.ClH.29H2/c1-5-11-21(18-8-10-20-16(4)15(18)3)22-12-9-17-13-14(2)6-7-19(17)22;;;;;;;;;;;;;;;;;;;;;;;;;;;;;;/h6-10,12-13H,5,11H2,1-4H3;30*1H. The molecule has 3 rings (SSSR count). The first-order valence-corrected chi connectivity index (χ1v) is 7.89. The SMILES string of the molecule is CCCN(c1ccnc(C)c1C)n1ccc2cc(C)ccc21.Cl.[HH].[HH].[HH].[HH].[HH].[HH].[HH].[HH].[HH].[HH].[HH].[HH].[HH].[HH].[HH].[HH].[HH].[HH].[HH].[HH].[HH].[HH].[HH].[HH].[HH].[HH].[HH].[HH].[HH]. The van der Waals surface area contributed by atoms with Crippen LogP contribution in [0.5, 0.6) is 0 Å². The molecule has 0 saturated heterocycles. The lowest BCUT2D eigenvalue weighted by Crippen LogP contribution is -2.30. The summed E-state index contributed by atoms with van der Waals surface area (Å²) >= 11 is 0. The van der Waals surface area contributed by atoms with Crippen LogP contribution in [0.3, 0.4) is 0 Å². The average molecular weight is 388 g/mol. The van der Waals surface area contributed by atoms with E-state index in [1.165, 1.54) is 27.7 Å². The van der Waals surface area contributed by atoms with Gasteiger partial charge in [-0.1, -0.05) is 18.6 Å². The van der Waals surface area contributed by atoms with Crippen molar-refractivity contribution in [2.75, 3.05) is 11.6 Å². The minimum Gasteiger partial charge on any atom is -0.281 e. The minimum absolute atomic E-state index is 0. The van der Waals surface area contributed by atoms with E-state index < -0.39 is 0 Å². The van der Waals surface area contributed by atoms with E-state index in [9.17, 15) is 0 Å². The summed E-state index contributed by atoms with van der Waals surface area (Å²) in [4.78, 5) is 4.40. The van der Waals surface area contributed by atoms with E-state index in [-0.39, 0.29) is 53.8 Å². The molecular weight excluding hydrogens is 306 g/mol. The zero-order valence-electron chi connectivity index (χ0n) is 14.2. The molecule has 2 aromatic heterocycles. The second-order valence-corrected chi connectivity index (χ2v) is 5.89. The maximum absolute atomic E-state index is 4.40. The molecular formula is C19H82ClN3. The summed E-state index contributed by atoms with van der Waals surface area (Å²) in [6.07, 6.45) is 5.15. The van der Waals surface area contributed by atoms with E-state index in [4.69, 9.17) is 0 Å². The fourth-order valence-corrected chi connectivity index (χ4v) is 2.92. The number of hydrogen-bond acceptors (Lipinski definition) is 2. The van der Waals surface area contributed by atoms with Gasteiger partial charge >= 0.3 is 0 Å². The van der Waals surface area contributed by atoms with Crippen LogP contribution >= 0.6 is 12.4 Å². The van der Waals surface area contributed by atoms with Gasteiger partial charge in [0.05, 0.1) is 11.2 Å². The lowest BCUT2D eigenvalue weighted by atomic mass is 10.2. The van der Waals surface area contributed by atoms with E-state index in [2.05, 4.69) is 78.9 Å². The predicted octanol–water partition coefficient (Wildman–Crippen LogP) is 12.2. The van der Waals surface area contributed by atoms with E-state index in [0.29, 0.717) is 0 Å².